The summed E-state index contributed by atoms with van der Waals surface area (Å²) in [7, 11) is 1.56. The van der Waals surface area contributed by atoms with E-state index in [4.69, 9.17) is 4.74 Å². The monoisotopic (exact) mass is 347 g/mol. The van der Waals surface area contributed by atoms with E-state index >= 15 is 0 Å². The quantitative estimate of drug-likeness (QED) is 0.863. The molecule has 0 radical (unpaired) electrons. The number of ether oxygens (including phenoxy) is 1. The Morgan fingerprint density at radius 3 is 2.76 bits per heavy atom. The highest BCUT2D eigenvalue weighted by molar-refractivity contribution is 9.10. The lowest BCUT2D eigenvalue weighted by Crippen LogP contribution is -2.05. The molecule has 0 saturated carbocycles. The van der Waals surface area contributed by atoms with Gasteiger partial charge in [-0.15, -0.1) is 0 Å². The van der Waals surface area contributed by atoms with Crippen LogP contribution in [0.2, 0.25) is 0 Å². The van der Waals surface area contributed by atoms with Gasteiger partial charge in [0, 0.05) is 6.54 Å². The van der Waals surface area contributed by atoms with Gasteiger partial charge >= 0.3 is 0 Å². The van der Waals surface area contributed by atoms with Gasteiger partial charge in [0.1, 0.15) is 39.9 Å². The van der Waals surface area contributed by atoms with Crippen LogP contribution in [-0.4, -0.2) is 23.6 Å². The van der Waals surface area contributed by atoms with Crippen LogP contribution < -0.4 is 15.4 Å². The lowest BCUT2D eigenvalue weighted by atomic mass is 10.2. The number of aromatic nitrogens is 2. The van der Waals surface area contributed by atoms with E-state index in [1.807, 2.05) is 6.92 Å². The molecule has 0 amide bonds. The molecule has 21 heavy (non-hydrogen) atoms. The Balaban J connectivity index is 2.44. The number of hydrogen-bond acceptors (Lipinski definition) is 6. The third-order valence-electron chi connectivity index (χ3n) is 2.74. The Kier molecular flexibility index (Phi) is 4.95. The minimum atomic E-state index is 0.477. The van der Waals surface area contributed by atoms with Crippen molar-refractivity contribution in [3.63, 3.8) is 0 Å². The van der Waals surface area contributed by atoms with Crippen molar-refractivity contribution in [1.29, 1.82) is 5.26 Å². The van der Waals surface area contributed by atoms with Gasteiger partial charge in [-0.2, -0.15) is 5.26 Å². The average molecular weight is 348 g/mol. The lowest BCUT2D eigenvalue weighted by Gasteiger charge is -2.14. The molecule has 0 atom stereocenters. The standard InChI is InChI=1S/C14H14BrN5O/c1-3-17-13-11(15)14(19-8-18-13)20-12-9(7-16)5-4-6-10(12)21-2/h4-6,8H,3H2,1-2H3,(H2,17,18,19,20). The van der Waals surface area contributed by atoms with Crippen molar-refractivity contribution in [1.82, 2.24) is 9.97 Å². The fraction of sp³-hybridized carbons (Fsp3) is 0.214. The molecule has 6 nitrogen and oxygen atoms in total. The van der Waals surface area contributed by atoms with Gasteiger partial charge in [0.05, 0.1) is 12.7 Å². The number of nitrogens with one attached hydrogen (secondary N) is 2. The van der Waals surface area contributed by atoms with Crippen LogP contribution in [0.5, 0.6) is 5.75 Å². The summed E-state index contributed by atoms with van der Waals surface area (Å²) < 4.78 is 5.99. The van der Waals surface area contributed by atoms with E-state index in [1.165, 1.54) is 6.33 Å². The molecule has 7 heteroatoms. The zero-order valence-corrected chi connectivity index (χ0v) is 13.2. The second-order valence-corrected chi connectivity index (χ2v) is 4.83. The minimum Gasteiger partial charge on any atom is -0.495 e. The number of para-hydroxylation sites is 1. The van der Waals surface area contributed by atoms with Crippen LogP contribution in [0.3, 0.4) is 0 Å². The largest absolute Gasteiger partial charge is 0.495 e. The third kappa shape index (κ3) is 3.23. The predicted octanol–water partition coefficient (Wildman–Crippen LogP) is 3.29. The molecule has 1 heterocycles. The second-order valence-electron chi connectivity index (χ2n) is 4.03. The average Bonchev–Trinajstić information content (AvgIpc) is 2.51. The van der Waals surface area contributed by atoms with E-state index in [0.717, 1.165) is 6.54 Å². The Labute approximate surface area is 131 Å². The van der Waals surface area contributed by atoms with Crippen LogP contribution in [0.1, 0.15) is 12.5 Å². The number of benzene rings is 1. The summed E-state index contributed by atoms with van der Waals surface area (Å²) in [6.45, 7) is 2.73. The SMILES string of the molecule is CCNc1ncnc(Nc2c(C#N)cccc2OC)c1Br. The number of methoxy groups -OCH3 is 1. The predicted molar refractivity (Wildman–Crippen MR) is 84.9 cm³/mol. The van der Waals surface area contributed by atoms with Crippen molar-refractivity contribution in [2.24, 2.45) is 0 Å². The zero-order chi connectivity index (χ0) is 15.2. The molecular weight excluding hydrogens is 334 g/mol. The van der Waals surface area contributed by atoms with Crippen molar-refractivity contribution in [3.8, 4) is 11.8 Å². The first kappa shape index (κ1) is 15.1. The van der Waals surface area contributed by atoms with E-state index in [0.29, 0.717) is 33.1 Å². The van der Waals surface area contributed by atoms with Crippen molar-refractivity contribution in [2.45, 2.75) is 6.92 Å². The van der Waals surface area contributed by atoms with Gasteiger partial charge in [0.25, 0.3) is 0 Å². The molecule has 0 spiro atoms. The molecule has 0 aliphatic heterocycles. The summed E-state index contributed by atoms with van der Waals surface area (Å²) in [6, 6.07) is 7.39. The van der Waals surface area contributed by atoms with Crippen LogP contribution in [-0.2, 0) is 0 Å². The van der Waals surface area contributed by atoms with Crippen molar-refractivity contribution in [2.75, 3.05) is 24.3 Å². The van der Waals surface area contributed by atoms with Crippen LogP contribution in [0, 0.1) is 11.3 Å². The van der Waals surface area contributed by atoms with E-state index in [9.17, 15) is 5.26 Å². The molecular formula is C14H14BrN5O. The third-order valence-corrected chi connectivity index (χ3v) is 3.49. The summed E-state index contributed by atoms with van der Waals surface area (Å²) >= 11 is 3.46. The normalized spacial score (nSPS) is 9.81. The molecule has 0 aliphatic rings. The Bertz CT molecular complexity index is 684. The van der Waals surface area contributed by atoms with Crippen molar-refractivity contribution < 1.29 is 4.74 Å². The lowest BCUT2D eigenvalue weighted by molar-refractivity contribution is 0.416. The molecule has 108 valence electrons. The number of halogens is 1. The fourth-order valence-electron chi connectivity index (χ4n) is 1.79. The van der Waals surface area contributed by atoms with Gasteiger partial charge in [-0.25, -0.2) is 9.97 Å². The Morgan fingerprint density at radius 1 is 1.33 bits per heavy atom. The molecule has 0 aliphatic carbocycles. The summed E-state index contributed by atoms with van der Waals surface area (Å²) in [4.78, 5) is 8.34. The van der Waals surface area contributed by atoms with Gasteiger partial charge in [-0.05, 0) is 35.0 Å². The molecule has 0 bridgehead atoms. The molecule has 0 fully saturated rings. The summed E-state index contributed by atoms with van der Waals surface area (Å²) in [5.41, 5.74) is 1.05. The summed E-state index contributed by atoms with van der Waals surface area (Å²) in [5, 5.41) is 15.5. The number of hydrogen-bond donors (Lipinski definition) is 2. The van der Waals surface area contributed by atoms with E-state index in [1.54, 1.807) is 25.3 Å². The first-order valence-corrected chi connectivity index (χ1v) is 7.09. The van der Waals surface area contributed by atoms with E-state index in [-0.39, 0.29) is 0 Å². The Morgan fingerprint density at radius 2 is 2.10 bits per heavy atom. The van der Waals surface area contributed by atoms with Gasteiger partial charge in [-0.3, -0.25) is 0 Å². The molecule has 0 unspecified atom stereocenters. The maximum absolute atomic E-state index is 9.22. The highest BCUT2D eigenvalue weighted by Gasteiger charge is 2.13. The molecule has 1 aromatic carbocycles. The van der Waals surface area contributed by atoms with Gasteiger partial charge in [0.2, 0.25) is 0 Å². The van der Waals surface area contributed by atoms with Gasteiger partial charge in [0.15, 0.2) is 0 Å². The molecule has 2 N–H and O–H groups in total. The number of anilines is 3. The maximum Gasteiger partial charge on any atom is 0.150 e. The number of rotatable bonds is 5. The zero-order valence-electron chi connectivity index (χ0n) is 11.6. The highest BCUT2D eigenvalue weighted by Crippen LogP contribution is 2.34. The van der Waals surface area contributed by atoms with Crippen LogP contribution in [0.15, 0.2) is 29.0 Å². The summed E-state index contributed by atoms with van der Waals surface area (Å²) in [6.07, 6.45) is 1.45. The smallest absolute Gasteiger partial charge is 0.150 e. The molecule has 1 aromatic heterocycles. The fourth-order valence-corrected chi connectivity index (χ4v) is 2.23. The topological polar surface area (TPSA) is 82.9 Å². The number of nitrogens with zero attached hydrogens (tertiary/aromatic N) is 3. The Hall–Kier alpha value is -2.33. The van der Waals surface area contributed by atoms with E-state index in [2.05, 4.69) is 42.6 Å². The van der Waals surface area contributed by atoms with Gasteiger partial charge in [-0.1, -0.05) is 6.07 Å². The maximum atomic E-state index is 9.22. The first-order chi connectivity index (χ1) is 10.2. The minimum absolute atomic E-state index is 0.477. The molecule has 2 aromatic rings. The van der Waals surface area contributed by atoms with Crippen LogP contribution in [0.4, 0.5) is 17.3 Å². The first-order valence-electron chi connectivity index (χ1n) is 6.29. The van der Waals surface area contributed by atoms with E-state index < -0.39 is 0 Å². The molecule has 2 rings (SSSR count). The second kappa shape index (κ2) is 6.90. The molecule has 0 saturated heterocycles. The van der Waals surface area contributed by atoms with Crippen molar-refractivity contribution in [3.05, 3.63) is 34.6 Å². The highest BCUT2D eigenvalue weighted by atomic mass is 79.9. The van der Waals surface area contributed by atoms with Crippen LogP contribution in [0.25, 0.3) is 0 Å². The van der Waals surface area contributed by atoms with Gasteiger partial charge < -0.3 is 15.4 Å². The number of nitriles is 1. The van der Waals surface area contributed by atoms with Crippen LogP contribution >= 0.6 is 15.9 Å². The van der Waals surface area contributed by atoms with Crippen molar-refractivity contribution >= 4 is 33.3 Å². The summed E-state index contributed by atoms with van der Waals surface area (Å²) in [5.74, 6) is 1.81.